The highest BCUT2D eigenvalue weighted by Gasteiger charge is 2.23. The molecule has 6 aromatic rings. The molecule has 0 aliphatic heterocycles. The second-order valence-electron chi connectivity index (χ2n) is 10.1. The number of oxazole rings is 1. The molecule has 3 aromatic heterocycles. The second-order valence-corrected chi connectivity index (χ2v) is 13.2. The lowest BCUT2D eigenvalue weighted by Crippen LogP contribution is -2.30. The van der Waals surface area contributed by atoms with Gasteiger partial charge in [-0.15, -0.1) is 11.3 Å². The van der Waals surface area contributed by atoms with Gasteiger partial charge >= 0.3 is 0 Å². The van der Waals surface area contributed by atoms with Crippen LogP contribution in [0.25, 0.3) is 21.7 Å². The zero-order chi connectivity index (χ0) is 31.6. The fourth-order valence-corrected chi connectivity index (χ4v) is 6.80. The minimum Gasteiger partial charge on any atom is -0.443 e. The van der Waals surface area contributed by atoms with E-state index in [1.54, 1.807) is 103 Å². The molecule has 0 unspecified atom stereocenters. The summed E-state index contributed by atoms with van der Waals surface area (Å²) in [6, 6.07) is 26.0. The third-order valence-electron chi connectivity index (χ3n) is 7.26. The molecule has 228 valence electrons. The second kappa shape index (κ2) is 12.5. The van der Waals surface area contributed by atoms with Crippen LogP contribution >= 0.6 is 11.3 Å². The summed E-state index contributed by atoms with van der Waals surface area (Å²) in [5.74, 6) is 0.222. The van der Waals surface area contributed by atoms with Crippen LogP contribution in [-0.4, -0.2) is 59.7 Å². The first kappa shape index (κ1) is 29.9. The zero-order valence-electron chi connectivity index (χ0n) is 24.3. The van der Waals surface area contributed by atoms with E-state index in [9.17, 15) is 18.0 Å². The summed E-state index contributed by atoms with van der Waals surface area (Å²) in [5, 5.41) is 2.89. The fourth-order valence-electron chi connectivity index (χ4n) is 4.77. The SMILES string of the molecule is CN(C(=O)c1ccccc1)c1ccc2c(c1)nc(NC(=O)c1ccc(-c3cnco3)s1)n2CCN(C)S(=O)(=O)c1ccccc1. The zero-order valence-corrected chi connectivity index (χ0v) is 26.0. The van der Waals surface area contributed by atoms with Crippen LogP contribution in [0.4, 0.5) is 11.6 Å². The van der Waals surface area contributed by atoms with Crippen LogP contribution < -0.4 is 10.2 Å². The Morgan fingerprint density at radius 2 is 1.69 bits per heavy atom. The van der Waals surface area contributed by atoms with E-state index < -0.39 is 10.0 Å². The van der Waals surface area contributed by atoms with Gasteiger partial charge in [-0.1, -0.05) is 36.4 Å². The maximum atomic E-state index is 13.4. The smallest absolute Gasteiger partial charge is 0.268 e. The Bertz CT molecular complexity index is 2070. The predicted octanol–water partition coefficient (Wildman–Crippen LogP) is 5.60. The molecule has 0 saturated carbocycles. The summed E-state index contributed by atoms with van der Waals surface area (Å²) in [6.07, 6.45) is 2.90. The van der Waals surface area contributed by atoms with Gasteiger partial charge in [0.25, 0.3) is 11.8 Å². The van der Waals surface area contributed by atoms with E-state index >= 15 is 0 Å². The van der Waals surface area contributed by atoms with E-state index in [1.165, 1.54) is 34.0 Å². The average molecular weight is 641 g/mol. The summed E-state index contributed by atoms with van der Waals surface area (Å²) in [5.41, 5.74) is 2.34. The van der Waals surface area contributed by atoms with Crippen molar-refractivity contribution in [3.8, 4) is 10.6 Å². The van der Waals surface area contributed by atoms with Crippen molar-refractivity contribution in [1.29, 1.82) is 0 Å². The molecule has 13 heteroatoms. The first-order valence-corrected chi connectivity index (χ1v) is 16.1. The number of sulfonamides is 1. The normalized spacial score (nSPS) is 11.6. The molecule has 45 heavy (non-hydrogen) atoms. The molecule has 1 N–H and O–H groups in total. The van der Waals surface area contributed by atoms with Gasteiger partial charge < -0.3 is 13.9 Å². The van der Waals surface area contributed by atoms with Crippen molar-refractivity contribution < 1.29 is 22.4 Å². The third-order valence-corrected chi connectivity index (χ3v) is 10.2. The van der Waals surface area contributed by atoms with Crippen LogP contribution in [0.5, 0.6) is 0 Å². The van der Waals surface area contributed by atoms with Gasteiger partial charge in [0.2, 0.25) is 16.0 Å². The standard InChI is InChI=1S/C32H28N6O5S2/c1-36(45(41,42)24-11-7-4-8-12-24)17-18-38-26-14-13-23(37(2)31(40)22-9-5-3-6-10-22)19-25(26)34-32(38)35-30(39)29-16-15-28(44-29)27-20-33-21-43-27/h3-16,19-21H,17-18H2,1-2H3,(H,34,35,39). The van der Waals surface area contributed by atoms with Crippen LogP contribution in [0, 0.1) is 0 Å². The lowest BCUT2D eigenvalue weighted by molar-refractivity contribution is 0.0991. The topological polar surface area (TPSA) is 131 Å². The van der Waals surface area contributed by atoms with Gasteiger partial charge in [-0.2, -0.15) is 4.31 Å². The number of carbonyl (C=O) groups excluding carboxylic acids is 2. The van der Waals surface area contributed by atoms with Crippen molar-refractivity contribution >= 4 is 55.8 Å². The predicted molar refractivity (Wildman–Crippen MR) is 173 cm³/mol. The van der Waals surface area contributed by atoms with Gasteiger partial charge in [0, 0.05) is 38.4 Å². The number of likely N-dealkylation sites (N-methyl/N-ethyl adjacent to an activating group) is 1. The number of thiophene rings is 1. The number of anilines is 2. The maximum Gasteiger partial charge on any atom is 0.268 e. The van der Waals surface area contributed by atoms with Gasteiger partial charge in [-0.25, -0.2) is 18.4 Å². The van der Waals surface area contributed by atoms with Crippen molar-refractivity contribution in [2.45, 2.75) is 11.4 Å². The minimum atomic E-state index is -3.74. The Balaban J connectivity index is 1.31. The molecule has 0 atom stereocenters. The van der Waals surface area contributed by atoms with E-state index in [0.717, 1.165) is 4.88 Å². The molecular formula is C32H28N6O5S2. The quantitative estimate of drug-likeness (QED) is 0.206. The summed E-state index contributed by atoms with van der Waals surface area (Å²) in [7, 11) is -0.546. The molecule has 0 fully saturated rings. The van der Waals surface area contributed by atoms with Crippen molar-refractivity contribution in [1.82, 2.24) is 18.8 Å². The van der Waals surface area contributed by atoms with Gasteiger partial charge in [0.15, 0.2) is 12.2 Å². The highest BCUT2D eigenvalue weighted by atomic mass is 32.2. The lowest BCUT2D eigenvalue weighted by Gasteiger charge is -2.19. The van der Waals surface area contributed by atoms with E-state index in [2.05, 4.69) is 10.3 Å². The molecule has 3 heterocycles. The van der Waals surface area contributed by atoms with Crippen LogP contribution in [0.1, 0.15) is 20.0 Å². The summed E-state index contributed by atoms with van der Waals surface area (Å²) in [4.78, 5) is 38.0. The number of nitrogens with one attached hydrogen (secondary N) is 1. The van der Waals surface area contributed by atoms with E-state index in [-0.39, 0.29) is 35.7 Å². The molecule has 11 nitrogen and oxygen atoms in total. The largest absolute Gasteiger partial charge is 0.443 e. The van der Waals surface area contributed by atoms with Crippen LogP contribution in [0.3, 0.4) is 0 Å². The molecule has 3 aromatic carbocycles. The Morgan fingerprint density at radius 3 is 2.40 bits per heavy atom. The molecular weight excluding hydrogens is 613 g/mol. The average Bonchev–Trinajstić information content (AvgIpc) is 3.84. The Labute approximate surface area is 263 Å². The van der Waals surface area contributed by atoms with Crippen LogP contribution in [0.15, 0.2) is 113 Å². The number of imidazole rings is 1. The molecule has 0 spiro atoms. The summed E-state index contributed by atoms with van der Waals surface area (Å²) < 4.78 is 34.8. The van der Waals surface area contributed by atoms with E-state index in [1.807, 2.05) is 6.07 Å². The van der Waals surface area contributed by atoms with Crippen molar-refractivity contribution in [2.24, 2.45) is 0 Å². The van der Waals surface area contributed by atoms with E-state index in [4.69, 9.17) is 9.40 Å². The lowest BCUT2D eigenvalue weighted by atomic mass is 10.2. The fraction of sp³-hybridized carbons (Fsp3) is 0.125. The van der Waals surface area contributed by atoms with Crippen molar-refractivity contribution in [3.63, 3.8) is 0 Å². The number of benzene rings is 3. The summed E-state index contributed by atoms with van der Waals surface area (Å²) in [6.45, 7) is 0.301. The van der Waals surface area contributed by atoms with Gasteiger partial charge in [0.1, 0.15) is 0 Å². The van der Waals surface area contributed by atoms with E-state index in [0.29, 0.717) is 32.9 Å². The highest BCUT2D eigenvalue weighted by molar-refractivity contribution is 7.89. The molecule has 0 bridgehead atoms. The number of fused-ring (bicyclic) bond motifs is 1. The Kier molecular flexibility index (Phi) is 8.30. The van der Waals surface area contributed by atoms with Crippen molar-refractivity contribution in [3.05, 3.63) is 114 Å². The number of amides is 2. The number of carbonyl (C=O) groups is 2. The Morgan fingerprint density at radius 1 is 0.956 bits per heavy atom. The van der Waals surface area contributed by atoms with Gasteiger partial charge in [0.05, 0.1) is 31.9 Å². The number of rotatable bonds is 10. The first-order valence-electron chi connectivity index (χ1n) is 13.9. The molecule has 0 saturated heterocycles. The summed E-state index contributed by atoms with van der Waals surface area (Å²) >= 11 is 1.24. The van der Waals surface area contributed by atoms with Crippen LogP contribution in [0.2, 0.25) is 0 Å². The molecule has 2 amide bonds. The monoisotopic (exact) mass is 640 g/mol. The number of hydrogen-bond acceptors (Lipinski definition) is 8. The van der Waals surface area contributed by atoms with Crippen molar-refractivity contribution in [2.75, 3.05) is 30.9 Å². The molecule has 0 radical (unpaired) electrons. The highest BCUT2D eigenvalue weighted by Crippen LogP contribution is 2.30. The maximum absolute atomic E-state index is 13.4. The third kappa shape index (κ3) is 6.13. The molecule has 6 rings (SSSR count). The first-order chi connectivity index (χ1) is 21.7. The Hall–Kier alpha value is -5.11. The molecule has 0 aliphatic rings. The van der Waals surface area contributed by atoms with Gasteiger partial charge in [-0.3, -0.25) is 14.9 Å². The van der Waals surface area contributed by atoms with Gasteiger partial charge in [-0.05, 0) is 54.6 Å². The minimum absolute atomic E-state index is 0.106. The number of hydrogen-bond donors (Lipinski definition) is 1. The number of aromatic nitrogens is 3. The molecule has 0 aliphatic carbocycles. The van der Waals surface area contributed by atoms with Crippen LogP contribution in [-0.2, 0) is 16.6 Å². The number of nitrogens with zero attached hydrogens (tertiary/aromatic N) is 5.